The van der Waals surface area contributed by atoms with Gasteiger partial charge in [0.1, 0.15) is 0 Å². The van der Waals surface area contributed by atoms with E-state index < -0.39 is 0 Å². The monoisotopic (exact) mass is 398 g/mol. The molecule has 0 spiro atoms. The molecule has 0 atom stereocenters. The lowest BCUT2D eigenvalue weighted by Gasteiger charge is -2.29. The van der Waals surface area contributed by atoms with Gasteiger partial charge in [-0.2, -0.15) is 0 Å². The van der Waals surface area contributed by atoms with Crippen LogP contribution in [-0.2, 0) is 6.42 Å². The molecule has 0 saturated heterocycles. The summed E-state index contributed by atoms with van der Waals surface area (Å²) in [4.78, 5) is 23.2. The molecule has 0 unspecified atom stereocenters. The Hall–Kier alpha value is -2.63. The Morgan fingerprint density at radius 3 is 2.67 bits per heavy atom. The second-order valence-corrected chi connectivity index (χ2v) is 7.08. The predicted octanol–water partition coefficient (Wildman–Crippen LogP) is 5.12. The topological polar surface area (TPSA) is 58.1 Å². The van der Waals surface area contributed by atoms with Gasteiger partial charge in [0.25, 0.3) is 5.91 Å². The van der Waals surface area contributed by atoms with Gasteiger partial charge in [-0.15, -0.1) is 0 Å². The quantitative estimate of drug-likeness (QED) is 0.664. The number of hydrogen-bond donors (Lipinski definition) is 1. The maximum absolute atomic E-state index is 12.9. The lowest BCUT2D eigenvalue weighted by atomic mass is 10.0. The third-order valence-corrected chi connectivity index (χ3v) is 4.99. The lowest BCUT2D eigenvalue weighted by Crippen LogP contribution is -2.35. The van der Waals surface area contributed by atoms with E-state index in [2.05, 4.69) is 21.4 Å². The molecular formula is C20H16Cl2N4O. The van der Waals surface area contributed by atoms with Crippen molar-refractivity contribution < 1.29 is 4.79 Å². The molecule has 1 aromatic heterocycles. The van der Waals surface area contributed by atoms with Crippen molar-refractivity contribution in [3.8, 4) is 0 Å². The summed E-state index contributed by atoms with van der Waals surface area (Å²) in [6, 6.07) is 13.1. The number of para-hydroxylation sites is 1. The normalized spacial score (nSPS) is 13.2. The number of carbonyl (C=O) groups excluding carboxylic acids is 1. The molecule has 0 radical (unpaired) electrons. The van der Waals surface area contributed by atoms with Gasteiger partial charge in [-0.1, -0.05) is 41.4 Å². The van der Waals surface area contributed by atoms with E-state index in [0.29, 0.717) is 33.8 Å². The standard InChI is InChI=1S/C20H16Cl2N4O/c21-15-7-8-16(22)17(10-15)25-20-23-11-14(12-24-20)19(27)26-9-3-5-13-4-1-2-6-18(13)26/h1-2,4,6-8,10-12H,3,5,9H2,(H,23,24,25). The molecule has 1 amide bonds. The van der Waals surface area contributed by atoms with Gasteiger partial charge < -0.3 is 10.2 Å². The molecule has 0 aliphatic carbocycles. The van der Waals surface area contributed by atoms with E-state index in [0.717, 1.165) is 18.5 Å². The van der Waals surface area contributed by atoms with Crippen molar-refractivity contribution in [3.63, 3.8) is 0 Å². The predicted molar refractivity (Wildman–Crippen MR) is 108 cm³/mol. The van der Waals surface area contributed by atoms with Crippen LogP contribution >= 0.6 is 23.2 Å². The minimum Gasteiger partial charge on any atom is -0.323 e. The number of anilines is 3. The van der Waals surface area contributed by atoms with E-state index in [4.69, 9.17) is 23.2 Å². The summed E-state index contributed by atoms with van der Waals surface area (Å²) in [7, 11) is 0. The number of aryl methyl sites for hydroxylation is 1. The first-order valence-corrected chi connectivity index (χ1v) is 9.31. The highest BCUT2D eigenvalue weighted by Crippen LogP contribution is 2.29. The Balaban J connectivity index is 1.54. The average molecular weight is 399 g/mol. The fourth-order valence-electron chi connectivity index (χ4n) is 3.12. The highest BCUT2D eigenvalue weighted by Gasteiger charge is 2.23. The van der Waals surface area contributed by atoms with E-state index in [1.54, 1.807) is 23.1 Å². The van der Waals surface area contributed by atoms with E-state index in [1.807, 2.05) is 18.2 Å². The Bertz CT molecular complexity index is 992. The van der Waals surface area contributed by atoms with E-state index >= 15 is 0 Å². The van der Waals surface area contributed by atoms with Crippen LogP contribution in [0.3, 0.4) is 0 Å². The highest BCUT2D eigenvalue weighted by molar-refractivity contribution is 6.35. The molecule has 3 aromatic rings. The Kier molecular flexibility index (Phi) is 4.97. The number of hydrogen-bond acceptors (Lipinski definition) is 4. The van der Waals surface area contributed by atoms with Crippen LogP contribution in [0.15, 0.2) is 54.9 Å². The smallest absolute Gasteiger partial charge is 0.261 e. The molecule has 1 N–H and O–H groups in total. The maximum Gasteiger partial charge on any atom is 0.261 e. The van der Waals surface area contributed by atoms with Crippen LogP contribution in [0.2, 0.25) is 10.0 Å². The van der Waals surface area contributed by atoms with Crippen LogP contribution in [0.5, 0.6) is 0 Å². The summed E-state index contributed by atoms with van der Waals surface area (Å²) in [5.74, 6) is 0.240. The fraction of sp³-hybridized carbons (Fsp3) is 0.150. The molecule has 4 rings (SSSR count). The highest BCUT2D eigenvalue weighted by atomic mass is 35.5. The molecule has 7 heteroatoms. The zero-order valence-electron chi connectivity index (χ0n) is 14.3. The third kappa shape index (κ3) is 3.75. The summed E-state index contributed by atoms with van der Waals surface area (Å²) in [5, 5.41) is 4.07. The minimum absolute atomic E-state index is 0.102. The van der Waals surface area contributed by atoms with Gasteiger partial charge in [-0.3, -0.25) is 4.79 Å². The maximum atomic E-state index is 12.9. The molecule has 5 nitrogen and oxygen atoms in total. The molecule has 1 aliphatic heterocycles. The number of fused-ring (bicyclic) bond motifs is 1. The van der Waals surface area contributed by atoms with Gasteiger partial charge in [0.2, 0.25) is 5.95 Å². The van der Waals surface area contributed by atoms with Crippen LogP contribution in [0.4, 0.5) is 17.3 Å². The van der Waals surface area contributed by atoms with Gasteiger partial charge in [0.15, 0.2) is 0 Å². The van der Waals surface area contributed by atoms with Crippen LogP contribution in [0.25, 0.3) is 0 Å². The van der Waals surface area contributed by atoms with Gasteiger partial charge in [0.05, 0.1) is 16.3 Å². The van der Waals surface area contributed by atoms with Gasteiger partial charge in [0, 0.05) is 29.6 Å². The van der Waals surface area contributed by atoms with Crippen molar-refractivity contribution in [1.82, 2.24) is 9.97 Å². The molecule has 0 saturated carbocycles. The van der Waals surface area contributed by atoms with E-state index in [-0.39, 0.29) is 5.91 Å². The Morgan fingerprint density at radius 2 is 1.85 bits per heavy atom. The van der Waals surface area contributed by atoms with Gasteiger partial charge in [-0.25, -0.2) is 9.97 Å². The zero-order chi connectivity index (χ0) is 18.8. The van der Waals surface area contributed by atoms with Crippen molar-refractivity contribution in [3.05, 3.63) is 76.0 Å². The van der Waals surface area contributed by atoms with Crippen molar-refractivity contribution >= 4 is 46.4 Å². The number of aromatic nitrogens is 2. The summed E-state index contributed by atoms with van der Waals surface area (Å²) in [6.07, 6.45) is 4.97. The molecule has 2 aromatic carbocycles. The molecule has 0 fully saturated rings. The SMILES string of the molecule is O=C(c1cnc(Nc2cc(Cl)ccc2Cl)nc1)N1CCCc2ccccc21. The van der Waals surface area contributed by atoms with Crippen molar-refractivity contribution in [1.29, 1.82) is 0 Å². The molecular weight excluding hydrogens is 383 g/mol. The number of nitrogens with one attached hydrogen (secondary N) is 1. The second kappa shape index (κ2) is 7.55. The van der Waals surface area contributed by atoms with Crippen LogP contribution < -0.4 is 10.2 Å². The summed E-state index contributed by atoms with van der Waals surface area (Å²) in [6.45, 7) is 0.688. The number of nitrogens with zero attached hydrogens (tertiary/aromatic N) is 3. The zero-order valence-corrected chi connectivity index (χ0v) is 15.8. The van der Waals surface area contributed by atoms with Crippen molar-refractivity contribution in [2.24, 2.45) is 0 Å². The summed E-state index contributed by atoms with van der Waals surface area (Å²) >= 11 is 12.1. The first-order chi connectivity index (χ1) is 13.1. The Morgan fingerprint density at radius 1 is 1.07 bits per heavy atom. The largest absolute Gasteiger partial charge is 0.323 e. The van der Waals surface area contributed by atoms with Crippen LogP contribution in [0, 0.1) is 0 Å². The number of carbonyl (C=O) groups is 1. The number of rotatable bonds is 3. The fourth-order valence-corrected chi connectivity index (χ4v) is 3.45. The minimum atomic E-state index is -0.102. The average Bonchev–Trinajstić information content (AvgIpc) is 2.70. The van der Waals surface area contributed by atoms with Crippen molar-refractivity contribution in [2.45, 2.75) is 12.8 Å². The molecule has 0 bridgehead atoms. The van der Waals surface area contributed by atoms with Crippen LogP contribution in [0.1, 0.15) is 22.3 Å². The molecule has 1 aliphatic rings. The summed E-state index contributed by atoms with van der Waals surface area (Å²) < 4.78 is 0. The molecule has 2 heterocycles. The van der Waals surface area contributed by atoms with E-state index in [9.17, 15) is 4.79 Å². The number of amides is 1. The van der Waals surface area contributed by atoms with Gasteiger partial charge >= 0.3 is 0 Å². The first-order valence-electron chi connectivity index (χ1n) is 8.56. The van der Waals surface area contributed by atoms with Crippen LogP contribution in [-0.4, -0.2) is 22.4 Å². The lowest BCUT2D eigenvalue weighted by molar-refractivity contribution is 0.0984. The number of benzene rings is 2. The second-order valence-electron chi connectivity index (χ2n) is 6.23. The van der Waals surface area contributed by atoms with E-state index in [1.165, 1.54) is 18.0 Å². The first kappa shape index (κ1) is 17.8. The Labute approximate surface area is 167 Å². The molecule has 136 valence electrons. The van der Waals surface area contributed by atoms with Crippen molar-refractivity contribution in [2.75, 3.05) is 16.8 Å². The third-order valence-electron chi connectivity index (χ3n) is 4.43. The summed E-state index contributed by atoms with van der Waals surface area (Å²) in [5.41, 5.74) is 3.19. The molecule has 27 heavy (non-hydrogen) atoms. The van der Waals surface area contributed by atoms with Gasteiger partial charge in [-0.05, 0) is 42.7 Å². The number of halogens is 2.